The lowest BCUT2D eigenvalue weighted by atomic mass is 9.90. The predicted octanol–water partition coefficient (Wildman–Crippen LogP) is 2.81. The number of hydrogen-bond acceptors (Lipinski definition) is 4. The summed E-state index contributed by atoms with van der Waals surface area (Å²) in [6.45, 7) is -0.287. The van der Waals surface area contributed by atoms with Crippen molar-refractivity contribution < 1.29 is 14.8 Å². The van der Waals surface area contributed by atoms with E-state index in [1.807, 2.05) is 30.3 Å². The van der Waals surface area contributed by atoms with Crippen molar-refractivity contribution in [2.45, 2.75) is 5.92 Å². The quantitative estimate of drug-likeness (QED) is 0.671. The highest BCUT2D eigenvalue weighted by atomic mass is 16.6. The summed E-state index contributed by atoms with van der Waals surface area (Å²) in [5.74, 6) is -0.251. The van der Waals surface area contributed by atoms with E-state index in [0.29, 0.717) is 11.3 Å². The molecular weight excluding hydrogens is 258 g/mol. The molecule has 0 heterocycles. The molecule has 0 saturated heterocycles. The molecule has 0 spiro atoms. The third-order valence-corrected chi connectivity index (χ3v) is 3.16. The lowest BCUT2D eigenvalue weighted by Gasteiger charge is -2.16. The molecule has 0 aliphatic heterocycles. The van der Waals surface area contributed by atoms with Crippen LogP contribution in [0.25, 0.3) is 0 Å². The lowest BCUT2D eigenvalue weighted by Crippen LogP contribution is -2.14. The van der Waals surface area contributed by atoms with Gasteiger partial charge in [0.25, 0.3) is 0 Å². The Morgan fingerprint density at radius 2 is 1.90 bits per heavy atom. The fourth-order valence-corrected chi connectivity index (χ4v) is 2.20. The molecule has 0 fully saturated rings. The van der Waals surface area contributed by atoms with Crippen LogP contribution in [0, 0.1) is 10.1 Å². The van der Waals surface area contributed by atoms with Crippen LogP contribution in [0.3, 0.4) is 0 Å². The summed E-state index contributed by atoms with van der Waals surface area (Å²) >= 11 is 0. The Morgan fingerprint density at radius 3 is 2.50 bits per heavy atom. The Balaban J connectivity index is 2.49. The van der Waals surface area contributed by atoms with Crippen LogP contribution < -0.4 is 4.74 Å². The number of hydrogen-bond donors (Lipinski definition) is 1. The fraction of sp³-hybridized carbons (Fsp3) is 0.200. The van der Waals surface area contributed by atoms with Crippen molar-refractivity contribution in [3.8, 4) is 11.5 Å². The molecule has 0 amide bonds. The summed E-state index contributed by atoms with van der Waals surface area (Å²) in [4.78, 5) is 10.5. The fourth-order valence-electron chi connectivity index (χ4n) is 2.20. The molecule has 5 heteroatoms. The Labute approximate surface area is 116 Å². The summed E-state index contributed by atoms with van der Waals surface area (Å²) in [5, 5.41) is 21.1. The number of aromatic hydroxyl groups is 1. The average molecular weight is 273 g/mol. The van der Waals surface area contributed by atoms with Gasteiger partial charge in [0.15, 0.2) is 11.5 Å². The van der Waals surface area contributed by atoms with Crippen molar-refractivity contribution in [2.75, 3.05) is 13.7 Å². The lowest BCUT2D eigenvalue weighted by molar-refractivity contribution is -0.481. The number of ether oxygens (including phenoxy) is 1. The van der Waals surface area contributed by atoms with Crippen molar-refractivity contribution in [3.05, 3.63) is 69.8 Å². The van der Waals surface area contributed by atoms with Gasteiger partial charge < -0.3 is 9.84 Å². The van der Waals surface area contributed by atoms with E-state index >= 15 is 0 Å². The maximum atomic E-state index is 10.9. The number of rotatable bonds is 5. The number of methoxy groups -OCH3 is 1. The molecule has 5 nitrogen and oxygen atoms in total. The molecule has 0 aromatic heterocycles. The summed E-state index contributed by atoms with van der Waals surface area (Å²) in [5.41, 5.74) is 1.28. The third kappa shape index (κ3) is 2.88. The van der Waals surface area contributed by atoms with Crippen LogP contribution in [0.5, 0.6) is 11.5 Å². The van der Waals surface area contributed by atoms with Gasteiger partial charge in [0.2, 0.25) is 6.54 Å². The van der Waals surface area contributed by atoms with Gasteiger partial charge in [-0.2, -0.15) is 0 Å². The number of phenolic OH excluding ortho intramolecular Hbond substituents is 1. The van der Waals surface area contributed by atoms with Crippen molar-refractivity contribution in [1.82, 2.24) is 0 Å². The van der Waals surface area contributed by atoms with Crippen LogP contribution in [0.1, 0.15) is 17.0 Å². The summed E-state index contributed by atoms with van der Waals surface area (Å²) in [6, 6.07) is 14.1. The van der Waals surface area contributed by atoms with Gasteiger partial charge >= 0.3 is 0 Å². The minimum Gasteiger partial charge on any atom is -0.504 e. The minimum atomic E-state index is -0.513. The number of phenols is 1. The van der Waals surface area contributed by atoms with E-state index in [4.69, 9.17) is 4.74 Å². The highest BCUT2D eigenvalue weighted by Gasteiger charge is 2.24. The smallest absolute Gasteiger partial charge is 0.214 e. The van der Waals surface area contributed by atoms with Gasteiger partial charge in [-0.1, -0.05) is 42.5 Å². The van der Waals surface area contributed by atoms with Crippen molar-refractivity contribution in [1.29, 1.82) is 0 Å². The zero-order chi connectivity index (χ0) is 14.5. The van der Waals surface area contributed by atoms with Crippen LogP contribution in [-0.2, 0) is 0 Å². The van der Waals surface area contributed by atoms with Gasteiger partial charge in [0.05, 0.1) is 13.0 Å². The molecule has 0 saturated carbocycles. The van der Waals surface area contributed by atoms with Gasteiger partial charge in [-0.15, -0.1) is 0 Å². The average Bonchev–Trinajstić information content (AvgIpc) is 2.46. The van der Waals surface area contributed by atoms with Gasteiger partial charge in [-0.25, -0.2) is 0 Å². The van der Waals surface area contributed by atoms with Gasteiger partial charge in [0, 0.05) is 10.5 Å². The molecule has 2 aromatic carbocycles. The van der Waals surface area contributed by atoms with Crippen LogP contribution in [0.2, 0.25) is 0 Å². The molecule has 0 aliphatic carbocycles. The Bertz CT molecular complexity index is 598. The van der Waals surface area contributed by atoms with Gasteiger partial charge in [-0.3, -0.25) is 10.1 Å². The van der Waals surface area contributed by atoms with E-state index < -0.39 is 5.92 Å². The van der Waals surface area contributed by atoms with Crippen LogP contribution >= 0.6 is 0 Å². The van der Waals surface area contributed by atoms with Crippen LogP contribution in [0.15, 0.2) is 48.5 Å². The molecule has 1 N–H and O–H groups in total. The zero-order valence-corrected chi connectivity index (χ0v) is 11.0. The molecule has 0 bridgehead atoms. The Kier molecular flexibility index (Phi) is 4.20. The molecule has 1 unspecified atom stereocenters. The standard InChI is InChI=1S/C15H15NO4/c1-20-14-9-5-8-12(15(14)17)13(10-16(18)19)11-6-3-2-4-7-11/h2-9,13,17H,10H2,1H3. The van der Waals surface area contributed by atoms with Crippen molar-refractivity contribution in [3.63, 3.8) is 0 Å². The van der Waals surface area contributed by atoms with Crippen molar-refractivity contribution in [2.24, 2.45) is 0 Å². The van der Waals surface area contributed by atoms with Crippen LogP contribution in [-0.4, -0.2) is 23.7 Å². The maximum absolute atomic E-state index is 10.9. The Hall–Kier alpha value is -2.56. The van der Waals surface area contributed by atoms with E-state index in [9.17, 15) is 15.2 Å². The first-order valence-electron chi connectivity index (χ1n) is 6.16. The number of para-hydroxylation sites is 1. The van der Waals surface area contributed by atoms with Crippen LogP contribution in [0.4, 0.5) is 0 Å². The molecular formula is C15H15NO4. The largest absolute Gasteiger partial charge is 0.504 e. The number of benzene rings is 2. The number of nitrogens with zero attached hydrogens (tertiary/aromatic N) is 1. The molecule has 20 heavy (non-hydrogen) atoms. The first-order valence-corrected chi connectivity index (χ1v) is 6.16. The van der Waals surface area contributed by atoms with E-state index in [2.05, 4.69) is 0 Å². The second-order valence-corrected chi connectivity index (χ2v) is 4.38. The van der Waals surface area contributed by atoms with E-state index in [0.717, 1.165) is 5.56 Å². The van der Waals surface area contributed by atoms with Crippen molar-refractivity contribution >= 4 is 0 Å². The SMILES string of the molecule is COc1cccc(C(C[N+](=O)[O-])c2ccccc2)c1O. The highest BCUT2D eigenvalue weighted by Crippen LogP contribution is 2.37. The molecule has 2 rings (SSSR count). The van der Waals surface area contributed by atoms with Gasteiger partial charge in [0.1, 0.15) is 0 Å². The molecule has 0 radical (unpaired) electrons. The first kappa shape index (κ1) is 13.9. The van der Waals surface area contributed by atoms with Gasteiger partial charge in [-0.05, 0) is 11.6 Å². The third-order valence-electron chi connectivity index (χ3n) is 3.16. The summed E-state index contributed by atoms with van der Waals surface area (Å²) < 4.78 is 5.06. The molecule has 104 valence electrons. The molecule has 0 aliphatic rings. The summed E-state index contributed by atoms with van der Waals surface area (Å²) in [6.07, 6.45) is 0. The van der Waals surface area contributed by atoms with E-state index in [1.165, 1.54) is 7.11 Å². The second kappa shape index (κ2) is 6.06. The molecule has 1 atom stereocenters. The zero-order valence-electron chi connectivity index (χ0n) is 11.0. The molecule has 2 aromatic rings. The maximum Gasteiger partial charge on any atom is 0.214 e. The Morgan fingerprint density at radius 1 is 1.20 bits per heavy atom. The van der Waals surface area contributed by atoms with E-state index in [1.54, 1.807) is 18.2 Å². The predicted molar refractivity (Wildman–Crippen MR) is 74.8 cm³/mol. The normalized spacial score (nSPS) is 11.8. The number of nitro groups is 1. The first-order chi connectivity index (χ1) is 9.63. The summed E-state index contributed by atoms with van der Waals surface area (Å²) in [7, 11) is 1.45. The van der Waals surface area contributed by atoms with E-state index in [-0.39, 0.29) is 17.2 Å². The topological polar surface area (TPSA) is 72.6 Å². The minimum absolute atomic E-state index is 0.0503. The second-order valence-electron chi connectivity index (χ2n) is 4.38. The monoisotopic (exact) mass is 273 g/mol. The highest BCUT2D eigenvalue weighted by molar-refractivity contribution is 5.50.